The van der Waals surface area contributed by atoms with Crippen LogP contribution in [0.15, 0.2) is 41.3 Å². The summed E-state index contributed by atoms with van der Waals surface area (Å²) in [6.45, 7) is 0.510. The Hall–Kier alpha value is -3.31. The number of piperidine rings is 1. The third-order valence-corrected chi connectivity index (χ3v) is 7.78. The summed E-state index contributed by atoms with van der Waals surface area (Å²) in [6, 6.07) is 9.69. The maximum absolute atomic E-state index is 13.3. The van der Waals surface area contributed by atoms with Crippen molar-refractivity contribution in [2.24, 2.45) is 5.92 Å². The van der Waals surface area contributed by atoms with Gasteiger partial charge < -0.3 is 24.8 Å². The number of amides is 2. The number of methoxy groups -OCH3 is 2. The Morgan fingerprint density at radius 2 is 2.03 bits per heavy atom. The molecule has 34 heavy (non-hydrogen) atoms. The van der Waals surface area contributed by atoms with Gasteiger partial charge in [-0.25, -0.2) is 8.42 Å². The van der Waals surface area contributed by atoms with Crippen LogP contribution in [0.3, 0.4) is 0 Å². The maximum atomic E-state index is 13.3. The van der Waals surface area contributed by atoms with Gasteiger partial charge in [-0.2, -0.15) is 4.31 Å². The fourth-order valence-corrected chi connectivity index (χ4v) is 5.64. The van der Waals surface area contributed by atoms with Gasteiger partial charge >= 0.3 is 0 Å². The van der Waals surface area contributed by atoms with Gasteiger partial charge in [0.05, 0.1) is 30.7 Å². The van der Waals surface area contributed by atoms with Crippen LogP contribution in [-0.2, 0) is 26.2 Å². The largest absolute Gasteiger partial charge is 0.497 e. The molecule has 1 atom stereocenters. The SMILES string of the molecule is COc1ccc(OC)c(CNC(=O)[C@H]2CCCN(S(=O)(=O)c3ccc4c(c3)NC(=O)CO4)C2)c1. The van der Waals surface area contributed by atoms with Crippen LogP contribution < -0.4 is 24.8 Å². The first-order valence-corrected chi connectivity index (χ1v) is 12.3. The first-order valence-electron chi connectivity index (χ1n) is 10.9. The van der Waals surface area contributed by atoms with Crippen LogP contribution in [0.2, 0.25) is 0 Å². The minimum absolute atomic E-state index is 0.0409. The van der Waals surface area contributed by atoms with E-state index in [1.807, 2.05) is 0 Å². The molecule has 11 heteroatoms. The first-order chi connectivity index (χ1) is 16.3. The average Bonchev–Trinajstić information content (AvgIpc) is 2.86. The molecule has 2 N–H and O–H groups in total. The highest BCUT2D eigenvalue weighted by atomic mass is 32.2. The van der Waals surface area contributed by atoms with Gasteiger partial charge in [0.1, 0.15) is 17.2 Å². The van der Waals surface area contributed by atoms with E-state index in [4.69, 9.17) is 14.2 Å². The van der Waals surface area contributed by atoms with Crippen LogP contribution in [-0.4, -0.2) is 58.5 Å². The van der Waals surface area contributed by atoms with Gasteiger partial charge in [-0.3, -0.25) is 9.59 Å². The zero-order valence-corrected chi connectivity index (χ0v) is 19.8. The molecule has 2 aromatic carbocycles. The van der Waals surface area contributed by atoms with Crippen molar-refractivity contribution in [1.29, 1.82) is 0 Å². The lowest BCUT2D eigenvalue weighted by atomic mass is 9.98. The monoisotopic (exact) mass is 489 g/mol. The topological polar surface area (TPSA) is 123 Å². The predicted octanol–water partition coefficient (Wildman–Crippen LogP) is 1.75. The quantitative estimate of drug-likeness (QED) is 0.607. The van der Waals surface area contributed by atoms with E-state index in [-0.39, 0.29) is 36.4 Å². The number of anilines is 1. The van der Waals surface area contributed by atoms with Gasteiger partial charge in [0.15, 0.2) is 6.61 Å². The number of fused-ring (bicyclic) bond motifs is 1. The predicted molar refractivity (Wildman–Crippen MR) is 123 cm³/mol. The van der Waals surface area contributed by atoms with E-state index in [2.05, 4.69) is 10.6 Å². The van der Waals surface area contributed by atoms with Crippen LogP contribution in [0.5, 0.6) is 17.2 Å². The molecule has 10 nitrogen and oxygen atoms in total. The summed E-state index contributed by atoms with van der Waals surface area (Å²) >= 11 is 0. The summed E-state index contributed by atoms with van der Waals surface area (Å²) < 4.78 is 43.7. The molecule has 182 valence electrons. The molecule has 2 heterocycles. The van der Waals surface area contributed by atoms with Crippen LogP contribution in [0.25, 0.3) is 0 Å². The van der Waals surface area contributed by atoms with Crippen LogP contribution in [0, 0.1) is 5.92 Å². The molecule has 0 aromatic heterocycles. The number of carbonyl (C=O) groups is 2. The Kier molecular flexibility index (Phi) is 6.94. The number of nitrogens with zero attached hydrogens (tertiary/aromatic N) is 1. The van der Waals surface area contributed by atoms with Gasteiger partial charge in [0.2, 0.25) is 15.9 Å². The summed E-state index contributed by atoms with van der Waals surface area (Å²) in [5, 5.41) is 5.51. The van der Waals surface area contributed by atoms with Crippen molar-refractivity contribution in [3.63, 3.8) is 0 Å². The number of benzene rings is 2. The molecule has 0 aliphatic carbocycles. The molecule has 1 fully saturated rings. The summed E-state index contributed by atoms with van der Waals surface area (Å²) in [7, 11) is -0.745. The number of hydrogen-bond acceptors (Lipinski definition) is 7. The van der Waals surface area contributed by atoms with Crippen molar-refractivity contribution in [3.8, 4) is 17.2 Å². The van der Waals surface area contributed by atoms with Crippen LogP contribution >= 0.6 is 0 Å². The molecule has 2 aliphatic heterocycles. The number of hydrogen-bond donors (Lipinski definition) is 2. The Bertz CT molecular complexity index is 1200. The Morgan fingerprint density at radius 3 is 2.79 bits per heavy atom. The van der Waals surface area contributed by atoms with E-state index in [0.29, 0.717) is 42.3 Å². The standard InChI is InChI=1S/C23H27N3O7S/c1-31-17-5-7-20(32-2)16(10-17)12-24-23(28)15-4-3-9-26(13-15)34(29,30)18-6-8-21-19(11-18)25-22(27)14-33-21/h5-8,10-11,15H,3-4,9,12-14H2,1-2H3,(H,24,28)(H,25,27)/t15-/m0/s1. The number of carbonyl (C=O) groups excluding carboxylic acids is 2. The van der Waals surface area contributed by atoms with Gasteiger partial charge in [-0.1, -0.05) is 0 Å². The Labute approximate surface area is 198 Å². The van der Waals surface area contributed by atoms with Gasteiger partial charge in [-0.15, -0.1) is 0 Å². The number of ether oxygens (including phenoxy) is 3. The van der Waals surface area contributed by atoms with Crippen molar-refractivity contribution in [3.05, 3.63) is 42.0 Å². The lowest BCUT2D eigenvalue weighted by molar-refractivity contribution is -0.126. The van der Waals surface area contributed by atoms with Crippen molar-refractivity contribution in [2.45, 2.75) is 24.3 Å². The second-order valence-corrected chi connectivity index (χ2v) is 10.0. The normalized spacial score (nSPS) is 18.3. The molecule has 1 saturated heterocycles. The third-order valence-electron chi connectivity index (χ3n) is 5.92. The fourth-order valence-electron chi connectivity index (χ4n) is 4.09. The highest BCUT2D eigenvalue weighted by Crippen LogP contribution is 2.32. The lowest BCUT2D eigenvalue weighted by Crippen LogP contribution is -2.45. The smallest absolute Gasteiger partial charge is 0.262 e. The van der Waals surface area contributed by atoms with Crippen molar-refractivity contribution in [1.82, 2.24) is 9.62 Å². The Balaban J connectivity index is 1.44. The summed E-state index contributed by atoms with van der Waals surface area (Å²) in [5.41, 5.74) is 1.07. The van der Waals surface area contributed by atoms with Gasteiger partial charge in [0.25, 0.3) is 5.91 Å². The number of rotatable bonds is 7. The van der Waals surface area contributed by atoms with Gasteiger partial charge in [0, 0.05) is 25.2 Å². The van der Waals surface area contributed by atoms with E-state index < -0.39 is 15.9 Å². The van der Waals surface area contributed by atoms with E-state index in [9.17, 15) is 18.0 Å². The fraction of sp³-hybridized carbons (Fsp3) is 0.391. The van der Waals surface area contributed by atoms with E-state index in [1.54, 1.807) is 32.4 Å². The molecular formula is C23H27N3O7S. The molecule has 0 bridgehead atoms. The zero-order chi connectivity index (χ0) is 24.3. The van der Waals surface area contributed by atoms with Crippen molar-refractivity contribution >= 4 is 27.5 Å². The summed E-state index contributed by atoms with van der Waals surface area (Å²) in [4.78, 5) is 24.5. The minimum atomic E-state index is -3.86. The molecule has 4 rings (SSSR count). The second-order valence-electron chi connectivity index (χ2n) is 8.09. The zero-order valence-electron chi connectivity index (χ0n) is 19.0. The number of sulfonamides is 1. The van der Waals surface area contributed by atoms with Crippen molar-refractivity contribution < 1.29 is 32.2 Å². The summed E-state index contributed by atoms with van der Waals surface area (Å²) in [5.74, 6) is 0.632. The lowest BCUT2D eigenvalue weighted by Gasteiger charge is -2.31. The molecule has 0 radical (unpaired) electrons. The Morgan fingerprint density at radius 1 is 1.21 bits per heavy atom. The minimum Gasteiger partial charge on any atom is -0.497 e. The van der Waals surface area contributed by atoms with E-state index in [1.165, 1.54) is 22.5 Å². The molecule has 2 amide bonds. The molecule has 2 aliphatic rings. The van der Waals surface area contributed by atoms with E-state index >= 15 is 0 Å². The second kappa shape index (κ2) is 9.90. The highest BCUT2D eigenvalue weighted by Gasteiger charge is 2.34. The average molecular weight is 490 g/mol. The molecule has 0 spiro atoms. The molecule has 0 unspecified atom stereocenters. The third kappa shape index (κ3) is 4.95. The van der Waals surface area contributed by atoms with Gasteiger partial charge in [-0.05, 0) is 49.2 Å². The molecule has 2 aromatic rings. The molecule has 0 saturated carbocycles. The maximum Gasteiger partial charge on any atom is 0.262 e. The molecular weight excluding hydrogens is 462 g/mol. The highest BCUT2D eigenvalue weighted by molar-refractivity contribution is 7.89. The van der Waals surface area contributed by atoms with Crippen molar-refractivity contribution in [2.75, 3.05) is 39.2 Å². The summed E-state index contributed by atoms with van der Waals surface area (Å²) in [6.07, 6.45) is 1.14. The number of nitrogens with one attached hydrogen (secondary N) is 2. The van der Waals surface area contributed by atoms with E-state index in [0.717, 1.165) is 5.56 Å². The van der Waals surface area contributed by atoms with Crippen LogP contribution in [0.1, 0.15) is 18.4 Å². The van der Waals surface area contributed by atoms with Crippen LogP contribution in [0.4, 0.5) is 5.69 Å². The first kappa shape index (κ1) is 23.8.